The largest absolute Gasteiger partial charge is 0.340 e. The first-order valence-electron chi connectivity index (χ1n) is 6.23. The first-order chi connectivity index (χ1) is 7.74. The Labute approximate surface area is 103 Å². The van der Waals surface area contributed by atoms with E-state index in [-0.39, 0.29) is 0 Å². The van der Waals surface area contributed by atoms with E-state index in [1.54, 1.807) is 11.8 Å². The third kappa shape index (κ3) is 3.39. The summed E-state index contributed by atoms with van der Waals surface area (Å²) in [6.45, 7) is 3.62. The average molecular weight is 244 g/mol. The van der Waals surface area contributed by atoms with E-state index < -0.39 is 0 Å². The molecule has 1 saturated carbocycles. The van der Waals surface area contributed by atoms with Gasteiger partial charge in [-0.05, 0) is 38.5 Å². The number of rotatable bonds is 6. The smallest absolute Gasteiger partial charge is 0.223 e. The third-order valence-electron chi connectivity index (χ3n) is 3.50. The molecule has 0 radical (unpaired) electrons. The zero-order valence-electron chi connectivity index (χ0n) is 10.4. The molecule has 2 N–H and O–H groups in total. The Kier molecular flexibility index (Phi) is 6.21. The van der Waals surface area contributed by atoms with Crippen LogP contribution in [0.2, 0.25) is 0 Å². The molecule has 1 fully saturated rings. The summed E-state index contributed by atoms with van der Waals surface area (Å²) < 4.78 is 0. The highest BCUT2D eigenvalue weighted by molar-refractivity contribution is 7.98. The van der Waals surface area contributed by atoms with Crippen molar-refractivity contribution in [3.8, 4) is 0 Å². The fourth-order valence-corrected chi connectivity index (χ4v) is 3.01. The molecular formula is C12H24N2OS. The van der Waals surface area contributed by atoms with E-state index in [1.165, 1.54) is 12.8 Å². The van der Waals surface area contributed by atoms with E-state index in [4.69, 9.17) is 5.73 Å². The van der Waals surface area contributed by atoms with Crippen LogP contribution in [0.3, 0.4) is 0 Å². The van der Waals surface area contributed by atoms with E-state index in [9.17, 15) is 4.79 Å². The van der Waals surface area contributed by atoms with Crippen molar-refractivity contribution in [2.24, 2.45) is 11.7 Å². The fourth-order valence-electron chi connectivity index (χ4n) is 2.63. The number of hydrogen-bond acceptors (Lipinski definition) is 3. The molecule has 0 bridgehead atoms. The van der Waals surface area contributed by atoms with Gasteiger partial charge in [0, 0.05) is 24.8 Å². The third-order valence-corrected chi connectivity index (χ3v) is 4.12. The molecule has 16 heavy (non-hydrogen) atoms. The van der Waals surface area contributed by atoms with E-state index in [0.29, 0.717) is 24.3 Å². The molecule has 3 nitrogen and oxygen atoms in total. The van der Waals surface area contributed by atoms with Crippen LogP contribution in [0, 0.1) is 5.92 Å². The molecule has 0 aromatic rings. The molecule has 1 aliphatic carbocycles. The van der Waals surface area contributed by atoms with Gasteiger partial charge in [-0.2, -0.15) is 11.8 Å². The van der Waals surface area contributed by atoms with Gasteiger partial charge in [-0.3, -0.25) is 4.79 Å². The van der Waals surface area contributed by atoms with Crippen LogP contribution >= 0.6 is 11.8 Å². The van der Waals surface area contributed by atoms with Gasteiger partial charge in [0.1, 0.15) is 0 Å². The predicted molar refractivity (Wildman–Crippen MR) is 70.6 cm³/mol. The summed E-state index contributed by atoms with van der Waals surface area (Å²) in [5.41, 5.74) is 5.77. The van der Waals surface area contributed by atoms with Crippen molar-refractivity contribution >= 4 is 17.7 Å². The number of hydrogen-bond donors (Lipinski definition) is 1. The minimum absolute atomic E-state index is 0.308. The molecule has 0 aromatic heterocycles. The van der Waals surface area contributed by atoms with Gasteiger partial charge in [0.05, 0.1) is 0 Å². The first-order valence-corrected chi connectivity index (χ1v) is 7.62. The van der Waals surface area contributed by atoms with Crippen molar-refractivity contribution in [1.82, 2.24) is 4.90 Å². The minimum Gasteiger partial charge on any atom is -0.340 e. The predicted octanol–water partition coefficient (Wildman–Crippen LogP) is 1.72. The summed E-state index contributed by atoms with van der Waals surface area (Å²) in [5.74, 6) is 1.76. The number of carbonyl (C=O) groups excluding carboxylic acids is 1. The zero-order chi connectivity index (χ0) is 12.0. The molecule has 2 atom stereocenters. The lowest BCUT2D eigenvalue weighted by atomic mass is 10.0. The van der Waals surface area contributed by atoms with Gasteiger partial charge in [0.2, 0.25) is 5.91 Å². The van der Waals surface area contributed by atoms with Crippen LogP contribution in [0.25, 0.3) is 0 Å². The topological polar surface area (TPSA) is 46.3 Å². The number of carbonyl (C=O) groups is 1. The highest BCUT2D eigenvalue weighted by atomic mass is 32.2. The van der Waals surface area contributed by atoms with E-state index in [2.05, 4.69) is 11.8 Å². The zero-order valence-corrected chi connectivity index (χ0v) is 11.3. The molecule has 0 aliphatic heterocycles. The van der Waals surface area contributed by atoms with Gasteiger partial charge >= 0.3 is 0 Å². The lowest BCUT2D eigenvalue weighted by molar-refractivity contribution is -0.133. The quantitative estimate of drug-likeness (QED) is 0.774. The normalized spacial score (nSPS) is 24.7. The van der Waals surface area contributed by atoms with Crippen LogP contribution < -0.4 is 5.73 Å². The van der Waals surface area contributed by atoms with Crippen LogP contribution in [0.1, 0.15) is 32.6 Å². The maximum absolute atomic E-state index is 12.1. The van der Waals surface area contributed by atoms with E-state index in [0.717, 1.165) is 25.3 Å². The van der Waals surface area contributed by atoms with Gasteiger partial charge in [-0.25, -0.2) is 0 Å². The van der Waals surface area contributed by atoms with E-state index in [1.807, 2.05) is 6.26 Å². The SMILES string of the molecule is CCN(C(=O)CCSC)C1CCCC1CN. The standard InChI is InChI=1S/C12H24N2OS/c1-3-14(12(15)7-8-16-2)11-6-4-5-10(11)9-13/h10-11H,3-9,13H2,1-2H3. The Bertz CT molecular complexity index is 223. The fraction of sp³-hybridized carbons (Fsp3) is 0.917. The second-order valence-corrected chi connectivity index (χ2v) is 5.40. The maximum Gasteiger partial charge on any atom is 0.223 e. The summed E-state index contributed by atoms with van der Waals surface area (Å²) in [5, 5.41) is 0. The Hall–Kier alpha value is -0.220. The molecule has 4 heteroatoms. The summed E-state index contributed by atoms with van der Waals surface area (Å²) in [4.78, 5) is 14.1. The second-order valence-electron chi connectivity index (χ2n) is 4.42. The van der Waals surface area contributed by atoms with E-state index >= 15 is 0 Å². The summed E-state index contributed by atoms with van der Waals surface area (Å²) in [7, 11) is 0. The van der Waals surface area contributed by atoms with Crippen molar-refractivity contribution < 1.29 is 4.79 Å². The Balaban J connectivity index is 2.55. The van der Waals surface area contributed by atoms with Crippen molar-refractivity contribution in [1.29, 1.82) is 0 Å². The molecule has 94 valence electrons. The van der Waals surface area contributed by atoms with Crippen LogP contribution in [0.4, 0.5) is 0 Å². The van der Waals surface area contributed by atoms with Gasteiger partial charge < -0.3 is 10.6 Å². The van der Waals surface area contributed by atoms with Gasteiger partial charge in [0.15, 0.2) is 0 Å². The molecule has 1 aliphatic rings. The molecule has 0 spiro atoms. The molecule has 0 aromatic carbocycles. The summed E-state index contributed by atoms with van der Waals surface area (Å²) in [6.07, 6.45) is 6.26. The Morgan fingerprint density at radius 1 is 1.50 bits per heavy atom. The monoisotopic (exact) mass is 244 g/mol. The number of amides is 1. The molecular weight excluding hydrogens is 220 g/mol. The maximum atomic E-state index is 12.1. The average Bonchev–Trinajstić information content (AvgIpc) is 2.75. The molecule has 0 heterocycles. The first kappa shape index (κ1) is 13.8. The van der Waals surface area contributed by atoms with Gasteiger partial charge in [-0.1, -0.05) is 6.42 Å². The molecule has 0 saturated heterocycles. The highest BCUT2D eigenvalue weighted by Crippen LogP contribution is 2.29. The van der Waals surface area contributed by atoms with Crippen molar-refractivity contribution in [3.63, 3.8) is 0 Å². The highest BCUT2D eigenvalue weighted by Gasteiger charge is 2.32. The molecule has 1 amide bonds. The molecule has 1 rings (SSSR count). The molecule has 2 unspecified atom stereocenters. The Morgan fingerprint density at radius 3 is 2.81 bits per heavy atom. The van der Waals surface area contributed by atoms with Crippen LogP contribution in [0.5, 0.6) is 0 Å². The van der Waals surface area contributed by atoms with Crippen LogP contribution in [-0.4, -0.2) is 41.9 Å². The lowest BCUT2D eigenvalue weighted by Crippen LogP contribution is -2.44. The van der Waals surface area contributed by atoms with Crippen molar-refractivity contribution in [2.45, 2.75) is 38.6 Å². The van der Waals surface area contributed by atoms with Crippen LogP contribution in [-0.2, 0) is 4.79 Å². The summed E-state index contributed by atoms with van der Waals surface area (Å²) in [6, 6.07) is 0.407. The van der Waals surface area contributed by atoms with Gasteiger partial charge in [0.25, 0.3) is 0 Å². The van der Waals surface area contributed by atoms with Crippen molar-refractivity contribution in [3.05, 3.63) is 0 Å². The second kappa shape index (κ2) is 7.17. The number of thioether (sulfide) groups is 1. The Morgan fingerprint density at radius 2 is 2.25 bits per heavy atom. The number of nitrogens with two attached hydrogens (primary N) is 1. The van der Waals surface area contributed by atoms with Crippen LogP contribution in [0.15, 0.2) is 0 Å². The van der Waals surface area contributed by atoms with Crippen molar-refractivity contribution in [2.75, 3.05) is 25.1 Å². The van der Waals surface area contributed by atoms with Gasteiger partial charge in [-0.15, -0.1) is 0 Å². The minimum atomic E-state index is 0.308. The lowest BCUT2D eigenvalue weighted by Gasteiger charge is -2.32. The number of nitrogens with zero attached hydrogens (tertiary/aromatic N) is 1. The summed E-state index contributed by atoms with van der Waals surface area (Å²) >= 11 is 1.73.